The summed E-state index contributed by atoms with van der Waals surface area (Å²) in [6.07, 6.45) is 4.18. The van der Waals surface area contributed by atoms with Gasteiger partial charge in [0.2, 0.25) is 10.0 Å². The Labute approximate surface area is 165 Å². The molecular weight excluding hydrogens is 382 g/mol. The van der Waals surface area contributed by atoms with Crippen LogP contribution in [0.3, 0.4) is 0 Å². The quantitative estimate of drug-likeness (QED) is 0.678. The molecular formula is C19H29N3O3S2. The normalized spacial score (nSPS) is 19.0. The number of rotatable bonds is 8. The van der Waals surface area contributed by atoms with Gasteiger partial charge in [0.25, 0.3) is 0 Å². The number of aromatic nitrogens is 1. The highest BCUT2D eigenvalue weighted by Crippen LogP contribution is 2.22. The molecule has 0 radical (unpaired) electrons. The van der Waals surface area contributed by atoms with Gasteiger partial charge in [0, 0.05) is 19.6 Å². The molecule has 0 aliphatic carbocycles. The lowest BCUT2D eigenvalue weighted by molar-refractivity contribution is 0.182. The monoisotopic (exact) mass is 411 g/mol. The van der Waals surface area contributed by atoms with E-state index in [-0.39, 0.29) is 9.77 Å². The Morgan fingerprint density at radius 3 is 2.85 bits per heavy atom. The van der Waals surface area contributed by atoms with Gasteiger partial charge in [0.15, 0.2) is 0 Å². The van der Waals surface area contributed by atoms with Gasteiger partial charge in [-0.05, 0) is 62.9 Å². The lowest BCUT2D eigenvalue weighted by Crippen LogP contribution is -2.36. The highest BCUT2D eigenvalue weighted by molar-refractivity contribution is 7.89. The van der Waals surface area contributed by atoms with Crippen LogP contribution in [-0.2, 0) is 16.6 Å². The van der Waals surface area contributed by atoms with Gasteiger partial charge in [-0.1, -0.05) is 25.2 Å². The molecule has 6 nitrogen and oxygen atoms in total. The summed E-state index contributed by atoms with van der Waals surface area (Å²) < 4.78 is 30.3. The van der Waals surface area contributed by atoms with Crippen molar-refractivity contribution in [3.8, 4) is 0 Å². The van der Waals surface area contributed by atoms with Crippen LogP contribution in [0.4, 0.5) is 0 Å². The number of aryl methyl sites for hydroxylation is 1. The Kier molecular flexibility index (Phi) is 6.73. The molecule has 0 amide bonds. The van der Waals surface area contributed by atoms with E-state index in [1.165, 1.54) is 12.8 Å². The number of nitrogens with one attached hydrogen (secondary N) is 1. The topological polar surface area (TPSA) is 71.4 Å². The number of thiazole rings is 1. The second-order valence-corrected chi connectivity index (χ2v) is 10.2. The van der Waals surface area contributed by atoms with Crippen LogP contribution in [0.15, 0.2) is 27.9 Å². The molecule has 3 rings (SSSR count). The van der Waals surface area contributed by atoms with Crippen molar-refractivity contribution in [3.05, 3.63) is 27.9 Å². The molecule has 1 saturated heterocycles. The largest absolute Gasteiger partial charge is 0.308 e. The minimum atomic E-state index is -3.55. The summed E-state index contributed by atoms with van der Waals surface area (Å²) in [7, 11) is -3.55. The molecule has 150 valence electrons. The first-order valence-corrected chi connectivity index (χ1v) is 12.1. The van der Waals surface area contributed by atoms with Gasteiger partial charge < -0.3 is 4.90 Å². The number of piperidine rings is 1. The summed E-state index contributed by atoms with van der Waals surface area (Å²) in [5.74, 6) is 0.731. The third-order valence-electron chi connectivity index (χ3n) is 5.08. The molecule has 27 heavy (non-hydrogen) atoms. The van der Waals surface area contributed by atoms with E-state index in [9.17, 15) is 13.2 Å². The minimum absolute atomic E-state index is 0.0369. The van der Waals surface area contributed by atoms with Crippen LogP contribution in [0.5, 0.6) is 0 Å². The maximum absolute atomic E-state index is 12.6. The lowest BCUT2D eigenvalue weighted by atomic mass is 10.0. The number of nitrogens with zero attached hydrogens (tertiary/aromatic N) is 2. The van der Waals surface area contributed by atoms with Gasteiger partial charge >= 0.3 is 4.87 Å². The summed E-state index contributed by atoms with van der Waals surface area (Å²) in [6, 6.07) is 4.95. The van der Waals surface area contributed by atoms with E-state index >= 15 is 0 Å². The van der Waals surface area contributed by atoms with Crippen LogP contribution in [0, 0.1) is 5.92 Å². The second-order valence-electron chi connectivity index (χ2n) is 7.45. The van der Waals surface area contributed by atoms with Crippen molar-refractivity contribution in [2.24, 2.45) is 5.92 Å². The first-order valence-electron chi connectivity index (χ1n) is 9.76. The van der Waals surface area contributed by atoms with E-state index in [1.54, 1.807) is 22.8 Å². The fraction of sp³-hybridized carbons (Fsp3) is 0.632. The van der Waals surface area contributed by atoms with Gasteiger partial charge in [-0.15, -0.1) is 0 Å². The summed E-state index contributed by atoms with van der Waals surface area (Å²) in [4.78, 5) is 14.7. The Morgan fingerprint density at radius 1 is 1.30 bits per heavy atom. The average molecular weight is 412 g/mol. The summed E-state index contributed by atoms with van der Waals surface area (Å²) in [5, 5.41) is 0. The van der Waals surface area contributed by atoms with Crippen LogP contribution < -0.4 is 9.60 Å². The van der Waals surface area contributed by atoms with Crippen molar-refractivity contribution >= 4 is 31.6 Å². The summed E-state index contributed by atoms with van der Waals surface area (Å²) in [6.45, 7) is 8.51. The number of likely N-dealkylation sites (tertiary alicyclic amines) is 1. The Balaban J connectivity index is 1.61. The van der Waals surface area contributed by atoms with Crippen LogP contribution >= 0.6 is 11.3 Å². The summed E-state index contributed by atoms with van der Waals surface area (Å²) in [5.41, 5.74) is 0.810. The third kappa shape index (κ3) is 4.99. The predicted molar refractivity (Wildman–Crippen MR) is 111 cm³/mol. The van der Waals surface area contributed by atoms with Crippen molar-refractivity contribution in [1.82, 2.24) is 14.2 Å². The molecule has 1 aromatic carbocycles. The molecule has 1 aliphatic rings. The predicted octanol–water partition coefficient (Wildman–Crippen LogP) is 2.87. The first-order chi connectivity index (χ1) is 12.9. The van der Waals surface area contributed by atoms with Crippen molar-refractivity contribution in [3.63, 3.8) is 0 Å². The zero-order valence-electron chi connectivity index (χ0n) is 16.1. The van der Waals surface area contributed by atoms with Crippen LogP contribution in [0.25, 0.3) is 10.2 Å². The van der Waals surface area contributed by atoms with Gasteiger partial charge in [-0.3, -0.25) is 9.36 Å². The van der Waals surface area contributed by atoms with Crippen LogP contribution in [-0.4, -0.2) is 44.1 Å². The average Bonchev–Trinajstić information content (AvgIpc) is 2.94. The summed E-state index contributed by atoms with van der Waals surface area (Å²) >= 11 is 1.10. The third-order valence-corrected chi connectivity index (χ3v) is 7.48. The fourth-order valence-corrected chi connectivity index (χ4v) is 5.86. The Hall–Kier alpha value is -1.22. The zero-order valence-corrected chi connectivity index (χ0v) is 17.7. The van der Waals surface area contributed by atoms with Gasteiger partial charge in [0.1, 0.15) is 0 Å². The standard InChI is InChI=1S/C19H29N3O3S2/c1-3-10-22-17-8-7-16(13-18(17)26-19(22)23)27(24,25)20-9-5-12-21-11-4-6-15(2)14-21/h7-8,13,15,20H,3-6,9-12,14H2,1-2H3/t15-/m0/s1. The second kappa shape index (κ2) is 8.86. The van der Waals surface area contributed by atoms with E-state index in [0.717, 1.165) is 59.9 Å². The number of hydrogen-bond donors (Lipinski definition) is 1. The molecule has 0 saturated carbocycles. The molecule has 1 aliphatic heterocycles. The number of benzene rings is 1. The van der Waals surface area contributed by atoms with Gasteiger partial charge in [0.05, 0.1) is 15.1 Å². The molecule has 0 unspecified atom stereocenters. The smallest absolute Gasteiger partial charge is 0.303 e. The maximum Gasteiger partial charge on any atom is 0.308 e. The molecule has 8 heteroatoms. The van der Waals surface area contributed by atoms with Crippen molar-refractivity contribution in [2.75, 3.05) is 26.2 Å². The molecule has 2 heterocycles. The molecule has 1 aromatic heterocycles. The lowest BCUT2D eigenvalue weighted by Gasteiger charge is -2.30. The number of sulfonamides is 1. The van der Waals surface area contributed by atoms with E-state index in [4.69, 9.17) is 0 Å². The number of fused-ring (bicyclic) bond motifs is 1. The van der Waals surface area contributed by atoms with Crippen molar-refractivity contribution < 1.29 is 8.42 Å². The van der Waals surface area contributed by atoms with Gasteiger partial charge in [-0.25, -0.2) is 13.1 Å². The highest BCUT2D eigenvalue weighted by Gasteiger charge is 2.18. The molecule has 1 fully saturated rings. The van der Waals surface area contributed by atoms with E-state index in [2.05, 4.69) is 16.5 Å². The SMILES string of the molecule is CCCn1c(=O)sc2cc(S(=O)(=O)NCCCN3CCC[C@H](C)C3)ccc21. The van der Waals surface area contributed by atoms with Crippen molar-refractivity contribution in [2.45, 2.75) is 51.0 Å². The van der Waals surface area contributed by atoms with E-state index in [1.807, 2.05) is 6.92 Å². The van der Waals surface area contributed by atoms with Crippen LogP contribution in [0.2, 0.25) is 0 Å². The molecule has 0 bridgehead atoms. The molecule has 1 atom stereocenters. The first kappa shape index (κ1) is 20.5. The van der Waals surface area contributed by atoms with Gasteiger partial charge in [-0.2, -0.15) is 0 Å². The van der Waals surface area contributed by atoms with Crippen molar-refractivity contribution in [1.29, 1.82) is 0 Å². The maximum atomic E-state index is 12.6. The molecule has 2 aromatic rings. The minimum Gasteiger partial charge on any atom is -0.303 e. The Morgan fingerprint density at radius 2 is 2.11 bits per heavy atom. The van der Waals surface area contributed by atoms with E-state index < -0.39 is 10.0 Å². The zero-order chi connectivity index (χ0) is 19.4. The van der Waals surface area contributed by atoms with E-state index in [0.29, 0.717) is 13.1 Å². The molecule has 1 N–H and O–H groups in total. The van der Waals surface area contributed by atoms with Crippen LogP contribution in [0.1, 0.15) is 39.5 Å². The number of hydrogen-bond acceptors (Lipinski definition) is 5. The Bertz CT molecular complexity index is 933. The molecule has 0 spiro atoms. The highest BCUT2D eigenvalue weighted by atomic mass is 32.2. The fourth-order valence-electron chi connectivity index (χ4n) is 3.73.